The van der Waals surface area contributed by atoms with Gasteiger partial charge in [-0.1, -0.05) is 64.7 Å². The van der Waals surface area contributed by atoms with E-state index in [0.717, 1.165) is 32.2 Å². The quantitative estimate of drug-likeness (QED) is 0.405. The second-order valence-electron chi connectivity index (χ2n) is 6.60. The number of nitrogens with zero attached hydrogens (tertiary/aromatic N) is 1. The van der Waals surface area contributed by atoms with Gasteiger partial charge in [-0.3, -0.25) is 9.59 Å². The maximum atomic E-state index is 12.0. The Bertz CT molecular complexity index is 305. The predicted molar refractivity (Wildman–Crippen MR) is 95.6 cm³/mol. The standard InChI is InChI=1S/C19H37NO3/c1-3-4-5-6-7-8-9-10-12-15-18(21)20(2)17-14-11-13-16-19(22)23/h3-17H2,1-2H3,(H,22,23). The molecule has 1 amide bonds. The summed E-state index contributed by atoms with van der Waals surface area (Å²) in [4.78, 5) is 24.1. The van der Waals surface area contributed by atoms with Crippen molar-refractivity contribution in [1.29, 1.82) is 0 Å². The van der Waals surface area contributed by atoms with E-state index in [-0.39, 0.29) is 12.3 Å². The lowest BCUT2D eigenvalue weighted by molar-refractivity contribution is -0.137. The number of aliphatic carboxylic acids is 1. The van der Waals surface area contributed by atoms with Crippen molar-refractivity contribution in [3.8, 4) is 0 Å². The summed E-state index contributed by atoms with van der Waals surface area (Å²) in [6.07, 6.45) is 14.8. The summed E-state index contributed by atoms with van der Waals surface area (Å²) in [6, 6.07) is 0. The second-order valence-corrected chi connectivity index (χ2v) is 6.60. The number of carbonyl (C=O) groups excluding carboxylic acids is 1. The Kier molecular flexibility index (Phi) is 15.1. The van der Waals surface area contributed by atoms with E-state index in [9.17, 15) is 9.59 Å². The van der Waals surface area contributed by atoms with Gasteiger partial charge in [-0.25, -0.2) is 0 Å². The third-order valence-electron chi connectivity index (χ3n) is 4.30. The molecule has 0 aromatic rings. The molecule has 0 rings (SSSR count). The predicted octanol–water partition coefficient (Wildman–Crippen LogP) is 5.01. The Hall–Kier alpha value is -1.06. The zero-order chi connectivity index (χ0) is 17.3. The normalized spacial score (nSPS) is 10.7. The van der Waals surface area contributed by atoms with Crippen molar-refractivity contribution >= 4 is 11.9 Å². The van der Waals surface area contributed by atoms with E-state index in [1.165, 1.54) is 44.9 Å². The first-order valence-corrected chi connectivity index (χ1v) is 9.53. The lowest BCUT2D eigenvalue weighted by atomic mass is 10.1. The van der Waals surface area contributed by atoms with Crippen LogP contribution >= 0.6 is 0 Å². The van der Waals surface area contributed by atoms with Crippen LogP contribution in [-0.4, -0.2) is 35.5 Å². The number of hydrogen-bond acceptors (Lipinski definition) is 2. The molecule has 0 aliphatic heterocycles. The lowest BCUT2D eigenvalue weighted by Gasteiger charge is -2.17. The summed E-state index contributed by atoms with van der Waals surface area (Å²) in [6.45, 7) is 2.99. The number of carbonyl (C=O) groups is 2. The van der Waals surface area contributed by atoms with Crippen molar-refractivity contribution in [2.24, 2.45) is 0 Å². The number of unbranched alkanes of at least 4 members (excludes halogenated alkanes) is 10. The lowest BCUT2D eigenvalue weighted by Crippen LogP contribution is -2.27. The van der Waals surface area contributed by atoms with Crippen molar-refractivity contribution in [3.05, 3.63) is 0 Å². The van der Waals surface area contributed by atoms with Gasteiger partial charge < -0.3 is 10.0 Å². The molecule has 0 aliphatic rings. The zero-order valence-electron chi connectivity index (χ0n) is 15.3. The Labute approximate surface area is 142 Å². The first-order chi connectivity index (χ1) is 11.1. The van der Waals surface area contributed by atoms with Gasteiger partial charge in [0.2, 0.25) is 5.91 Å². The first kappa shape index (κ1) is 21.9. The smallest absolute Gasteiger partial charge is 0.303 e. The zero-order valence-corrected chi connectivity index (χ0v) is 15.3. The Balaban J connectivity index is 3.38. The number of carboxylic acid groups (broad SMARTS) is 1. The van der Waals surface area contributed by atoms with Gasteiger partial charge in [0.05, 0.1) is 0 Å². The molecular weight excluding hydrogens is 290 g/mol. The fourth-order valence-corrected chi connectivity index (χ4v) is 2.70. The molecule has 0 saturated heterocycles. The molecule has 0 bridgehead atoms. The molecule has 0 spiro atoms. The van der Waals surface area contributed by atoms with E-state index in [4.69, 9.17) is 5.11 Å². The molecule has 0 unspecified atom stereocenters. The topological polar surface area (TPSA) is 57.6 Å². The number of hydrogen-bond donors (Lipinski definition) is 1. The first-order valence-electron chi connectivity index (χ1n) is 9.53. The summed E-state index contributed by atoms with van der Waals surface area (Å²) in [5.74, 6) is -0.508. The number of amides is 1. The molecule has 4 heteroatoms. The summed E-state index contributed by atoms with van der Waals surface area (Å²) in [5, 5.41) is 8.56. The van der Waals surface area contributed by atoms with Crippen molar-refractivity contribution in [3.63, 3.8) is 0 Å². The molecule has 0 radical (unpaired) electrons. The molecule has 1 N–H and O–H groups in total. The van der Waals surface area contributed by atoms with E-state index >= 15 is 0 Å². The van der Waals surface area contributed by atoms with Crippen LogP contribution in [0.3, 0.4) is 0 Å². The summed E-state index contributed by atoms with van der Waals surface area (Å²) >= 11 is 0. The molecule has 0 saturated carbocycles. The van der Waals surface area contributed by atoms with Crippen LogP contribution in [0.15, 0.2) is 0 Å². The fourth-order valence-electron chi connectivity index (χ4n) is 2.70. The van der Waals surface area contributed by atoms with Crippen LogP contribution in [0.5, 0.6) is 0 Å². The summed E-state index contributed by atoms with van der Waals surface area (Å²) < 4.78 is 0. The van der Waals surface area contributed by atoms with Crippen molar-refractivity contribution in [2.45, 2.75) is 96.8 Å². The van der Waals surface area contributed by atoms with Crippen LogP contribution in [0.4, 0.5) is 0 Å². The fraction of sp³-hybridized carbons (Fsp3) is 0.895. The minimum Gasteiger partial charge on any atom is -0.481 e. The molecule has 0 atom stereocenters. The SMILES string of the molecule is CCCCCCCCCCCC(=O)N(C)CCCCCC(=O)O. The molecule has 0 fully saturated rings. The highest BCUT2D eigenvalue weighted by molar-refractivity contribution is 5.75. The number of rotatable bonds is 16. The van der Waals surface area contributed by atoms with Gasteiger partial charge >= 0.3 is 5.97 Å². The van der Waals surface area contributed by atoms with Crippen molar-refractivity contribution in [1.82, 2.24) is 4.90 Å². The minimum atomic E-state index is -0.736. The van der Waals surface area contributed by atoms with Crippen molar-refractivity contribution in [2.75, 3.05) is 13.6 Å². The second kappa shape index (κ2) is 15.8. The largest absolute Gasteiger partial charge is 0.481 e. The Morgan fingerprint density at radius 2 is 1.22 bits per heavy atom. The van der Waals surface area contributed by atoms with Gasteiger partial charge in [0.15, 0.2) is 0 Å². The maximum absolute atomic E-state index is 12.0. The number of carboxylic acids is 1. The third kappa shape index (κ3) is 15.6. The highest BCUT2D eigenvalue weighted by Crippen LogP contribution is 2.11. The summed E-state index contributed by atoms with van der Waals surface area (Å²) in [5.41, 5.74) is 0. The molecule has 0 aliphatic carbocycles. The van der Waals surface area contributed by atoms with Crippen LogP contribution in [0.25, 0.3) is 0 Å². The van der Waals surface area contributed by atoms with Crippen molar-refractivity contribution < 1.29 is 14.7 Å². The Morgan fingerprint density at radius 1 is 0.739 bits per heavy atom. The molecular formula is C19H37NO3. The van der Waals surface area contributed by atoms with Crippen LogP contribution in [-0.2, 0) is 9.59 Å². The van der Waals surface area contributed by atoms with E-state index < -0.39 is 5.97 Å². The molecule has 136 valence electrons. The maximum Gasteiger partial charge on any atom is 0.303 e. The van der Waals surface area contributed by atoms with E-state index in [1.807, 2.05) is 7.05 Å². The molecule has 0 aromatic carbocycles. The Morgan fingerprint density at radius 3 is 1.78 bits per heavy atom. The average molecular weight is 328 g/mol. The average Bonchev–Trinajstić information content (AvgIpc) is 2.52. The van der Waals surface area contributed by atoms with Crippen LogP contribution < -0.4 is 0 Å². The van der Waals surface area contributed by atoms with Crippen LogP contribution in [0.2, 0.25) is 0 Å². The minimum absolute atomic E-state index is 0.228. The van der Waals surface area contributed by atoms with Gasteiger partial charge in [0, 0.05) is 26.4 Å². The molecule has 0 heterocycles. The van der Waals surface area contributed by atoms with Gasteiger partial charge in [-0.15, -0.1) is 0 Å². The van der Waals surface area contributed by atoms with E-state index in [1.54, 1.807) is 4.90 Å². The molecule has 4 nitrogen and oxygen atoms in total. The highest BCUT2D eigenvalue weighted by atomic mass is 16.4. The summed E-state index contributed by atoms with van der Waals surface area (Å²) in [7, 11) is 1.85. The van der Waals surface area contributed by atoms with E-state index in [0.29, 0.717) is 12.8 Å². The monoisotopic (exact) mass is 327 g/mol. The van der Waals surface area contributed by atoms with Crippen LogP contribution in [0, 0.1) is 0 Å². The molecule has 0 aromatic heterocycles. The highest BCUT2D eigenvalue weighted by Gasteiger charge is 2.07. The van der Waals surface area contributed by atoms with Gasteiger partial charge in [0.1, 0.15) is 0 Å². The van der Waals surface area contributed by atoms with Crippen LogP contribution in [0.1, 0.15) is 96.8 Å². The van der Waals surface area contributed by atoms with E-state index in [2.05, 4.69) is 6.92 Å². The van der Waals surface area contributed by atoms with Gasteiger partial charge in [0.25, 0.3) is 0 Å². The molecule has 23 heavy (non-hydrogen) atoms. The third-order valence-corrected chi connectivity index (χ3v) is 4.30. The van der Waals surface area contributed by atoms with Gasteiger partial charge in [-0.2, -0.15) is 0 Å². The van der Waals surface area contributed by atoms with Gasteiger partial charge in [-0.05, 0) is 19.3 Å².